The van der Waals surface area contributed by atoms with E-state index >= 15 is 0 Å². The van der Waals surface area contributed by atoms with Crippen LogP contribution in [0.3, 0.4) is 0 Å². The quantitative estimate of drug-likeness (QED) is 0.819. The second-order valence-electron chi connectivity index (χ2n) is 5.10. The van der Waals surface area contributed by atoms with Crippen molar-refractivity contribution in [1.82, 2.24) is 19.6 Å². The molecule has 5 heteroatoms. The zero-order valence-corrected chi connectivity index (χ0v) is 9.88. The molecule has 1 atom stereocenters. The summed E-state index contributed by atoms with van der Waals surface area (Å²) in [6.07, 6.45) is 6.00. The lowest BCUT2D eigenvalue weighted by Crippen LogP contribution is -2.37. The predicted octanol–water partition coefficient (Wildman–Crippen LogP) is 1.04. The van der Waals surface area contributed by atoms with Crippen molar-refractivity contribution in [3.05, 3.63) is 24.4 Å². The summed E-state index contributed by atoms with van der Waals surface area (Å²) in [4.78, 5) is 4.00. The van der Waals surface area contributed by atoms with Gasteiger partial charge in [-0.2, -0.15) is 0 Å². The largest absolute Gasteiger partial charge is 0.327 e. The molecule has 2 aromatic heterocycles. The molecule has 2 rings (SSSR count). The molecular formula is C11H17N5. The van der Waals surface area contributed by atoms with E-state index in [1.165, 1.54) is 0 Å². The fraction of sp³-hybridized carbons (Fsp3) is 0.545. The first-order valence-electron chi connectivity index (χ1n) is 5.37. The first kappa shape index (κ1) is 11.0. The van der Waals surface area contributed by atoms with Crippen LogP contribution < -0.4 is 5.73 Å². The Labute approximate surface area is 94.7 Å². The molecule has 0 fully saturated rings. The van der Waals surface area contributed by atoms with Crippen molar-refractivity contribution in [2.24, 2.45) is 11.1 Å². The van der Waals surface area contributed by atoms with Crippen LogP contribution in [0, 0.1) is 5.41 Å². The highest BCUT2D eigenvalue weighted by molar-refractivity contribution is 5.33. The Kier molecular flexibility index (Phi) is 2.63. The van der Waals surface area contributed by atoms with Crippen LogP contribution in [0.5, 0.6) is 0 Å². The third-order valence-corrected chi connectivity index (χ3v) is 2.80. The minimum absolute atomic E-state index is 0.0630. The average molecular weight is 219 g/mol. The van der Waals surface area contributed by atoms with E-state index in [1.54, 1.807) is 12.4 Å². The summed E-state index contributed by atoms with van der Waals surface area (Å²) in [6, 6.07) is 0.0630. The van der Waals surface area contributed by atoms with Crippen molar-refractivity contribution >= 4 is 5.65 Å². The standard InChI is InChI=1S/C11H17N5/c1-11(2,3)8(12)6-9-14-15-10-7-13-4-5-16(9)10/h4-5,7-8H,6,12H2,1-3H3. The van der Waals surface area contributed by atoms with Crippen LogP contribution in [-0.4, -0.2) is 25.6 Å². The Hall–Kier alpha value is -1.49. The Bertz CT molecular complexity index is 482. The molecule has 0 saturated heterocycles. The van der Waals surface area contributed by atoms with Gasteiger partial charge in [0.25, 0.3) is 0 Å². The molecule has 2 heterocycles. The maximum atomic E-state index is 6.14. The summed E-state index contributed by atoms with van der Waals surface area (Å²) in [5, 5.41) is 8.19. The van der Waals surface area contributed by atoms with Gasteiger partial charge >= 0.3 is 0 Å². The van der Waals surface area contributed by atoms with E-state index in [0.717, 1.165) is 11.5 Å². The Morgan fingerprint density at radius 3 is 2.81 bits per heavy atom. The summed E-state index contributed by atoms with van der Waals surface area (Å²) >= 11 is 0. The topological polar surface area (TPSA) is 69.1 Å². The van der Waals surface area contributed by atoms with Crippen LogP contribution >= 0.6 is 0 Å². The van der Waals surface area contributed by atoms with Crippen molar-refractivity contribution in [3.8, 4) is 0 Å². The molecule has 0 aliphatic heterocycles. The molecule has 0 saturated carbocycles. The Morgan fingerprint density at radius 1 is 1.38 bits per heavy atom. The first-order chi connectivity index (χ1) is 7.48. The lowest BCUT2D eigenvalue weighted by Gasteiger charge is -2.26. The van der Waals surface area contributed by atoms with E-state index < -0.39 is 0 Å². The minimum atomic E-state index is 0.0630. The van der Waals surface area contributed by atoms with Crippen molar-refractivity contribution in [3.63, 3.8) is 0 Å². The van der Waals surface area contributed by atoms with Gasteiger partial charge < -0.3 is 5.73 Å². The number of aromatic nitrogens is 4. The van der Waals surface area contributed by atoms with Gasteiger partial charge in [-0.15, -0.1) is 10.2 Å². The van der Waals surface area contributed by atoms with Gasteiger partial charge in [-0.1, -0.05) is 20.8 Å². The highest BCUT2D eigenvalue weighted by Gasteiger charge is 2.22. The van der Waals surface area contributed by atoms with E-state index in [-0.39, 0.29) is 11.5 Å². The fourth-order valence-corrected chi connectivity index (χ4v) is 1.44. The molecule has 0 aromatic carbocycles. The van der Waals surface area contributed by atoms with Gasteiger partial charge in [0, 0.05) is 24.9 Å². The van der Waals surface area contributed by atoms with Gasteiger partial charge in [0.15, 0.2) is 5.65 Å². The van der Waals surface area contributed by atoms with Crippen molar-refractivity contribution in [2.75, 3.05) is 0 Å². The smallest absolute Gasteiger partial charge is 0.179 e. The van der Waals surface area contributed by atoms with Crippen LogP contribution in [0.1, 0.15) is 26.6 Å². The lowest BCUT2D eigenvalue weighted by molar-refractivity contribution is 0.314. The summed E-state index contributed by atoms with van der Waals surface area (Å²) in [6.45, 7) is 6.38. The van der Waals surface area contributed by atoms with E-state index in [0.29, 0.717) is 6.42 Å². The third kappa shape index (κ3) is 2.04. The molecule has 1 unspecified atom stereocenters. The average Bonchev–Trinajstić information content (AvgIpc) is 2.61. The van der Waals surface area contributed by atoms with Crippen molar-refractivity contribution in [1.29, 1.82) is 0 Å². The zero-order chi connectivity index (χ0) is 11.8. The molecule has 2 aromatic rings. The van der Waals surface area contributed by atoms with Gasteiger partial charge in [-0.25, -0.2) is 0 Å². The Balaban J connectivity index is 2.28. The number of fused-ring (bicyclic) bond motifs is 1. The fourth-order valence-electron chi connectivity index (χ4n) is 1.44. The van der Waals surface area contributed by atoms with E-state index in [4.69, 9.17) is 5.73 Å². The predicted molar refractivity (Wildman–Crippen MR) is 61.9 cm³/mol. The molecule has 0 amide bonds. The van der Waals surface area contributed by atoms with Gasteiger partial charge in [-0.3, -0.25) is 9.38 Å². The van der Waals surface area contributed by atoms with Crippen LogP contribution in [0.4, 0.5) is 0 Å². The molecule has 0 bridgehead atoms. The molecule has 0 radical (unpaired) electrons. The van der Waals surface area contributed by atoms with E-state index in [2.05, 4.69) is 36.0 Å². The summed E-state index contributed by atoms with van der Waals surface area (Å²) in [5.41, 5.74) is 6.97. The lowest BCUT2D eigenvalue weighted by atomic mass is 9.85. The molecule has 86 valence electrons. The van der Waals surface area contributed by atoms with Crippen LogP contribution in [0.2, 0.25) is 0 Å². The summed E-state index contributed by atoms with van der Waals surface area (Å²) < 4.78 is 1.93. The second kappa shape index (κ2) is 3.83. The van der Waals surface area contributed by atoms with Gasteiger partial charge in [-0.05, 0) is 5.41 Å². The van der Waals surface area contributed by atoms with Crippen LogP contribution in [0.15, 0.2) is 18.6 Å². The molecule has 5 nitrogen and oxygen atoms in total. The molecule has 0 aliphatic carbocycles. The molecular weight excluding hydrogens is 202 g/mol. The maximum Gasteiger partial charge on any atom is 0.179 e. The van der Waals surface area contributed by atoms with E-state index in [1.807, 2.05) is 10.6 Å². The number of nitrogens with zero attached hydrogens (tertiary/aromatic N) is 4. The van der Waals surface area contributed by atoms with Crippen LogP contribution in [0.25, 0.3) is 5.65 Å². The first-order valence-corrected chi connectivity index (χ1v) is 5.37. The molecule has 0 aliphatic rings. The van der Waals surface area contributed by atoms with Gasteiger partial charge in [0.05, 0.1) is 6.20 Å². The van der Waals surface area contributed by atoms with Crippen molar-refractivity contribution in [2.45, 2.75) is 33.2 Å². The number of rotatable bonds is 2. The maximum absolute atomic E-state index is 6.14. The van der Waals surface area contributed by atoms with E-state index in [9.17, 15) is 0 Å². The third-order valence-electron chi connectivity index (χ3n) is 2.80. The number of hydrogen-bond acceptors (Lipinski definition) is 4. The summed E-state index contributed by atoms with van der Waals surface area (Å²) in [7, 11) is 0. The highest BCUT2D eigenvalue weighted by atomic mass is 15.2. The molecule has 2 N–H and O–H groups in total. The normalized spacial score (nSPS) is 14.2. The van der Waals surface area contributed by atoms with Gasteiger partial charge in [0.1, 0.15) is 5.82 Å². The molecule has 0 spiro atoms. The van der Waals surface area contributed by atoms with Crippen LogP contribution in [-0.2, 0) is 6.42 Å². The number of hydrogen-bond donors (Lipinski definition) is 1. The Morgan fingerprint density at radius 2 is 2.12 bits per heavy atom. The van der Waals surface area contributed by atoms with Crippen molar-refractivity contribution < 1.29 is 0 Å². The molecule has 16 heavy (non-hydrogen) atoms. The van der Waals surface area contributed by atoms with Gasteiger partial charge in [0.2, 0.25) is 0 Å². The zero-order valence-electron chi connectivity index (χ0n) is 9.88. The minimum Gasteiger partial charge on any atom is -0.327 e. The second-order valence-corrected chi connectivity index (χ2v) is 5.10. The summed E-state index contributed by atoms with van der Waals surface area (Å²) in [5.74, 6) is 0.889. The monoisotopic (exact) mass is 219 g/mol. The highest BCUT2D eigenvalue weighted by Crippen LogP contribution is 2.20. The number of nitrogens with two attached hydrogens (primary N) is 1. The SMILES string of the molecule is CC(C)(C)C(N)Cc1nnc2cnccn12.